The number of nitrogens with zero attached hydrogens (tertiary/aromatic N) is 1. The highest BCUT2D eigenvalue weighted by atomic mass is 15.1. The van der Waals surface area contributed by atoms with Crippen LogP contribution < -0.4 is 5.32 Å². The minimum Gasteiger partial charge on any atom is -0.310 e. The summed E-state index contributed by atoms with van der Waals surface area (Å²) in [6.07, 6.45) is 1.28. The highest BCUT2D eigenvalue weighted by molar-refractivity contribution is 5.14. The molecule has 0 aromatic heterocycles. The zero-order valence-electron chi connectivity index (χ0n) is 11.0. The summed E-state index contributed by atoms with van der Waals surface area (Å²) in [5, 5.41) is 3.71. The molecule has 94 valence electrons. The lowest BCUT2D eigenvalue weighted by Gasteiger charge is -2.36. The van der Waals surface area contributed by atoms with Gasteiger partial charge in [-0.1, -0.05) is 44.2 Å². The molecule has 1 fully saturated rings. The summed E-state index contributed by atoms with van der Waals surface area (Å²) in [5.41, 5.74) is 1.39. The van der Waals surface area contributed by atoms with Gasteiger partial charge in [0.05, 0.1) is 0 Å². The largest absolute Gasteiger partial charge is 0.310 e. The number of hydrogen-bond donors (Lipinski definition) is 1. The first-order valence-corrected chi connectivity index (χ1v) is 6.79. The number of benzene rings is 1. The first kappa shape index (κ1) is 12.6. The smallest absolute Gasteiger partial charge is 0.0208 e. The lowest BCUT2D eigenvalue weighted by atomic mass is 9.93. The standard InChI is InChI=1S/C15H24N2/c1-3-17-10-9-15(13(2)12-17)16-11-14-7-5-4-6-8-14/h4-8,13,15-16H,3,9-12H2,1-2H3/t13-,15+/m0/s1. The normalized spacial score (nSPS) is 26.0. The van der Waals surface area contributed by atoms with Crippen molar-refractivity contribution in [1.82, 2.24) is 10.2 Å². The second kappa shape index (κ2) is 6.18. The van der Waals surface area contributed by atoms with E-state index >= 15 is 0 Å². The van der Waals surface area contributed by atoms with E-state index in [9.17, 15) is 0 Å². The molecule has 1 aromatic rings. The SMILES string of the molecule is CCN1CC[C@@H](NCc2ccccc2)[C@@H](C)C1. The number of nitrogens with one attached hydrogen (secondary N) is 1. The Morgan fingerprint density at radius 2 is 2.06 bits per heavy atom. The van der Waals surface area contributed by atoms with E-state index in [1.54, 1.807) is 0 Å². The second-order valence-corrected chi connectivity index (χ2v) is 5.13. The molecule has 1 N–H and O–H groups in total. The zero-order chi connectivity index (χ0) is 12.1. The van der Waals surface area contributed by atoms with Crippen LogP contribution in [0.5, 0.6) is 0 Å². The highest BCUT2D eigenvalue weighted by Crippen LogP contribution is 2.16. The number of rotatable bonds is 4. The van der Waals surface area contributed by atoms with Crippen molar-refractivity contribution in [2.75, 3.05) is 19.6 Å². The van der Waals surface area contributed by atoms with E-state index in [4.69, 9.17) is 0 Å². The Balaban J connectivity index is 1.80. The molecule has 2 rings (SSSR count). The first-order valence-electron chi connectivity index (χ1n) is 6.79. The van der Waals surface area contributed by atoms with Crippen LogP contribution in [0.2, 0.25) is 0 Å². The van der Waals surface area contributed by atoms with Gasteiger partial charge < -0.3 is 10.2 Å². The van der Waals surface area contributed by atoms with Crippen LogP contribution in [-0.4, -0.2) is 30.6 Å². The van der Waals surface area contributed by atoms with Crippen LogP contribution in [0.4, 0.5) is 0 Å². The summed E-state index contributed by atoms with van der Waals surface area (Å²) in [6.45, 7) is 9.29. The fourth-order valence-electron chi connectivity index (χ4n) is 2.67. The molecule has 0 saturated carbocycles. The maximum absolute atomic E-state index is 3.71. The van der Waals surface area contributed by atoms with Crippen molar-refractivity contribution >= 4 is 0 Å². The van der Waals surface area contributed by atoms with Gasteiger partial charge >= 0.3 is 0 Å². The molecule has 1 aliphatic heterocycles. The van der Waals surface area contributed by atoms with E-state index in [1.807, 2.05) is 0 Å². The van der Waals surface area contributed by atoms with Crippen molar-refractivity contribution in [3.8, 4) is 0 Å². The quantitative estimate of drug-likeness (QED) is 0.858. The average molecular weight is 232 g/mol. The summed E-state index contributed by atoms with van der Waals surface area (Å²) in [6, 6.07) is 11.4. The van der Waals surface area contributed by atoms with Gasteiger partial charge in [0, 0.05) is 19.1 Å². The monoisotopic (exact) mass is 232 g/mol. The fraction of sp³-hybridized carbons (Fsp3) is 0.600. The summed E-state index contributed by atoms with van der Waals surface area (Å²) in [4.78, 5) is 2.55. The van der Waals surface area contributed by atoms with Gasteiger partial charge in [0.2, 0.25) is 0 Å². The molecular weight excluding hydrogens is 208 g/mol. The molecule has 0 radical (unpaired) electrons. The van der Waals surface area contributed by atoms with Gasteiger partial charge in [0.15, 0.2) is 0 Å². The molecule has 1 aliphatic rings. The van der Waals surface area contributed by atoms with E-state index in [2.05, 4.69) is 54.4 Å². The lowest BCUT2D eigenvalue weighted by molar-refractivity contribution is 0.153. The number of likely N-dealkylation sites (tertiary alicyclic amines) is 1. The van der Waals surface area contributed by atoms with E-state index in [0.29, 0.717) is 6.04 Å². The molecule has 2 nitrogen and oxygen atoms in total. The van der Waals surface area contributed by atoms with E-state index in [-0.39, 0.29) is 0 Å². The zero-order valence-corrected chi connectivity index (χ0v) is 11.0. The van der Waals surface area contributed by atoms with Crippen molar-refractivity contribution in [3.05, 3.63) is 35.9 Å². The molecule has 0 spiro atoms. The van der Waals surface area contributed by atoms with Crippen LogP contribution in [0.15, 0.2) is 30.3 Å². The van der Waals surface area contributed by atoms with Gasteiger partial charge in [0.1, 0.15) is 0 Å². The van der Waals surface area contributed by atoms with Crippen LogP contribution in [0.25, 0.3) is 0 Å². The summed E-state index contributed by atoms with van der Waals surface area (Å²) in [5.74, 6) is 0.757. The minimum atomic E-state index is 0.679. The van der Waals surface area contributed by atoms with Gasteiger partial charge in [-0.05, 0) is 31.0 Å². The molecule has 0 unspecified atom stereocenters. The topological polar surface area (TPSA) is 15.3 Å². The van der Waals surface area contributed by atoms with E-state index in [1.165, 1.54) is 31.6 Å². The molecule has 1 aromatic carbocycles. The molecular formula is C15H24N2. The minimum absolute atomic E-state index is 0.679. The fourth-order valence-corrected chi connectivity index (χ4v) is 2.67. The lowest BCUT2D eigenvalue weighted by Crippen LogP contribution is -2.47. The highest BCUT2D eigenvalue weighted by Gasteiger charge is 2.24. The third kappa shape index (κ3) is 3.55. The predicted octanol–water partition coefficient (Wildman–Crippen LogP) is 2.51. The number of piperidine rings is 1. The molecule has 2 atom stereocenters. The summed E-state index contributed by atoms with van der Waals surface area (Å²) in [7, 11) is 0. The summed E-state index contributed by atoms with van der Waals surface area (Å²) < 4.78 is 0. The van der Waals surface area contributed by atoms with Gasteiger partial charge in [-0.3, -0.25) is 0 Å². The molecule has 17 heavy (non-hydrogen) atoms. The van der Waals surface area contributed by atoms with Gasteiger partial charge in [-0.15, -0.1) is 0 Å². The van der Waals surface area contributed by atoms with E-state index in [0.717, 1.165) is 12.5 Å². The van der Waals surface area contributed by atoms with Crippen molar-refractivity contribution in [2.45, 2.75) is 32.9 Å². The predicted molar refractivity (Wildman–Crippen MR) is 73.0 cm³/mol. The Hall–Kier alpha value is -0.860. The Morgan fingerprint density at radius 1 is 1.29 bits per heavy atom. The van der Waals surface area contributed by atoms with Crippen LogP contribution in [0.1, 0.15) is 25.8 Å². The third-order valence-corrected chi connectivity index (χ3v) is 3.85. The van der Waals surface area contributed by atoms with Gasteiger partial charge in [-0.2, -0.15) is 0 Å². The molecule has 0 aliphatic carbocycles. The first-order chi connectivity index (χ1) is 8.29. The van der Waals surface area contributed by atoms with Gasteiger partial charge in [0.25, 0.3) is 0 Å². The van der Waals surface area contributed by atoms with Crippen molar-refractivity contribution < 1.29 is 0 Å². The van der Waals surface area contributed by atoms with Crippen LogP contribution in [-0.2, 0) is 6.54 Å². The second-order valence-electron chi connectivity index (χ2n) is 5.13. The van der Waals surface area contributed by atoms with Gasteiger partial charge in [-0.25, -0.2) is 0 Å². The maximum atomic E-state index is 3.71. The molecule has 1 saturated heterocycles. The Morgan fingerprint density at radius 3 is 2.71 bits per heavy atom. The van der Waals surface area contributed by atoms with Crippen molar-refractivity contribution in [1.29, 1.82) is 0 Å². The van der Waals surface area contributed by atoms with Crippen LogP contribution >= 0.6 is 0 Å². The average Bonchev–Trinajstić information content (AvgIpc) is 2.38. The maximum Gasteiger partial charge on any atom is 0.0208 e. The summed E-state index contributed by atoms with van der Waals surface area (Å²) >= 11 is 0. The van der Waals surface area contributed by atoms with Crippen molar-refractivity contribution in [3.63, 3.8) is 0 Å². The van der Waals surface area contributed by atoms with Crippen molar-refractivity contribution in [2.24, 2.45) is 5.92 Å². The molecule has 2 heteroatoms. The molecule has 1 heterocycles. The Kier molecular flexibility index (Phi) is 4.57. The third-order valence-electron chi connectivity index (χ3n) is 3.85. The Bertz CT molecular complexity index is 323. The Labute approximate surface area is 105 Å². The van der Waals surface area contributed by atoms with Crippen LogP contribution in [0.3, 0.4) is 0 Å². The van der Waals surface area contributed by atoms with Crippen LogP contribution in [0, 0.1) is 5.92 Å². The van der Waals surface area contributed by atoms with E-state index < -0.39 is 0 Å². The molecule has 0 bridgehead atoms. The number of hydrogen-bond acceptors (Lipinski definition) is 2. The molecule has 0 amide bonds.